The lowest BCUT2D eigenvalue weighted by Crippen LogP contribution is -2.42. The second-order valence-electron chi connectivity index (χ2n) is 7.90. The quantitative estimate of drug-likeness (QED) is 0.502. The number of carbonyl (C=O) groups is 2. The predicted octanol–water partition coefficient (Wildman–Crippen LogP) is 2.73. The van der Waals surface area contributed by atoms with Crippen LogP contribution in [0.1, 0.15) is 10.4 Å². The highest BCUT2D eigenvalue weighted by Gasteiger charge is 2.18. The van der Waals surface area contributed by atoms with Crippen molar-refractivity contribution in [2.45, 2.75) is 6.54 Å². The van der Waals surface area contributed by atoms with Crippen LogP contribution in [0.5, 0.6) is 0 Å². The van der Waals surface area contributed by atoms with Gasteiger partial charge in [0.1, 0.15) is 12.4 Å². The summed E-state index contributed by atoms with van der Waals surface area (Å²) in [6, 6.07) is 12.3. The minimum Gasteiger partial charge on any atom is -0.378 e. The number of ether oxygens (including phenoxy) is 1. The Hall–Kier alpha value is -3.98. The number of halogens is 1. The lowest BCUT2D eigenvalue weighted by molar-refractivity contribution is -0.135. The number of hydrogen-bond donors (Lipinski definition) is 2. The van der Waals surface area contributed by atoms with Gasteiger partial charge in [0.15, 0.2) is 0 Å². The van der Waals surface area contributed by atoms with Crippen LogP contribution >= 0.6 is 0 Å². The zero-order chi connectivity index (χ0) is 22.9. The smallest absolute Gasteiger partial charge is 0.256 e. The number of amides is 2. The molecule has 1 aliphatic rings. The molecule has 3 heterocycles. The van der Waals surface area contributed by atoms with Crippen LogP contribution in [-0.4, -0.2) is 52.6 Å². The average molecular weight is 448 g/mol. The molecule has 5 rings (SSSR count). The Bertz CT molecular complexity index is 1440. The van der Waals surface area contributed by atoms with Crippen LogP contribution in [0.25, 0.3) is 21.8 Å². The second-order valence-corrected chi connectivity index (χ2v) is 7.90. The molecule has 2 amide bonds. The highest BCUT2D eigenvalue weighted by molar-refractivity contribution is 6.12. The highest BCUT2D eigenvalue weighted by atomic mass is 19.1. The number of H-pyrrole nitrogens is 1. The van der Waals surface area contributed by atoms with Gasteiger partial charge in [0.25, 0.3) is 5.91 Å². The summed E-state index contributed by atoms with van der Waals surface area (Å²) in [7, 11) is 0. The first-order valence-electron chi connectivity index (χ1n) is 10.6. The van der Waals surface area contributed by atoms with Crippen LogP contribution in [-0.2, 0) is 16.1 Å². The zero-order valence-corrected chi connectivity index (χ0v) is 17.6. The first-order chi connectivity index (χ1) is 16.0. The van der Waals surface area contributed by atoms with Crippen molar-refractivity contribution in [2.24, 2.45) is 0 Å². The van der Waals surface area contributed by atoms with Gasteiger partial charge in [-0.2, -0.15) is 0 Å². The first-order valence-corrected chi connectivity index (χ1v) is 10.6. The monoisotopic (exact) mass is 448 g/mol. The molecule has 0 radical (unpaired) electrons. The number of rotatable bonds is 4. The Labute approximate surface area is 187 Å². The molecule has 0 unspecified atom stereocenters. The van der Waals surface area contributed by atoms with E-state index < -0.39 is 17.3 Å². The molecule has 0 atom stereocenters. The number of pyridine rings is 1. The van der Waals surface area contributed by atoms with Gasteiger partial charge < -0.3 is 24.5 Å². The molecule has 33 heavy (non-hydrogen) atoms. The van der Waals surface area contributed by atoms with Crippen molar-refractivity contribution >= 4 is 39.3 Å². The molecule has 1 fully saturated rings. The highest BCUT2D eigenvalue weighted by Crippen LogP contribution is 2.23. The minimum absolute atomic E-state index is 0.0331. The molecule has 1 saturated heterocycles. The number of carbonyl (C=O) groups excluding carboxylic acids is 2. The number of nitrogens with zero attached hydrogens (tertiary/aromatic N) is 2. The molecule has 4 aromatic rings. The van der Waals surface area contributed by atoms with Gasteiger partial charge in [0.2, 0.25) is 11.5 Å². The summed E-state index contributed by atoms with van der Waals surface area (Å²) in [5, 5.41) is 4.11. The summed E-state index contributed by atoms with van der Waals surface area (Å²) >= 11 is 0. The Balaban J connectivity index is 1.37. The molecule has 0 spiro atoms. The Kier molecular flexibility index (Phi) is 5.39. The molecular formula is C24H21FN4O4. The van der Waals surface area contributed by atoms with Crippen LogP contribution in [0.15, 0.2) is 59.5 Å². The van der Waals surface area contributed by atoms with E-state index in [1.54, 1.807) is 17.0 Å². The van der Waals surface area contributed by atoms with Crippen molar-refractivity contribution in [1.29, 1.82) is 0 Å². The number of benzene rings is 2. The van der Waals surface area contributed by atoms with Crippen molar-refractivity contribution in [3.05, 3.63) is 76.5 Å². The maximum Gasteiger partial charge on any atom is 0.256 e. The summed E-state index contributed by atoms with van der Waals surface area (Å²) in [5.41, 5.74) is 1.33. The van der Waals surface area contributed by atoms with Gasteiger partial charge in [-0.25, -0.2) is 4.39 Å². The minimum atomic E-state index is -0.502. The van der Waals surface area contributed by atoms with E-state index >= 15 is 0 Å². The summed E-state index contributed by atoms with van der Waals surface area (Å²) in [4.78, 5) is 41.8. The molecule has 0 saturated carbocycles. The molecule has 168 valence electrons. The molecule has 2 aromatic heterocycles. The van der Waals surface area contributed by atoms with E-state index in [1.165, 1.54) is 24.3 Å². The standard InChI is InChI=1S/C24H21FN4O4/c25-16-1-3-18-19(13-22(30)27-20(18)12-16)24(32)26-17-2-4-21-15(11-17)5-6-29(21)14-23(31)28-7-9-33-10-8-28/h1-6,11-13H,7-10,14H2,(H,26,32)(H,27,30). The Morgan fingerprint density at radius 2 is 1.88 bits per heavy atom. The van der Waals surface area contributed by atoms with Crippen LogP contribution < -0.4 is 10.9 Å². The van der Waals surface area contributed by atoms with Crippen molar-refractivity contribution in [3.8, 4) is 0 Å². The van der Waals surface area contributed by atoms with Crippen molar-refractivity contribution < 1.29 is 18.7 Å². The fraction of sp³-hybridized carbons (Fsp3) is 0.208. The van der Waals surface area contributed by atoms with E-state index in [2.05, 4.69) is 10.3 Å². The summed E-state index contributed by atoms with van der Waals surface area (Å²) in [5.74, 6) is -0.942. The number of hydrogen-bond acceptors (Lipinski definition) is 4. The summed E-state index contributed by atoms with van der Waals surface area (Å²) in [6.45, 7) is 2.53. The maximum absolute atomic E-state index is 13.5. The predicted molar refractivity (Wildman–Crippen MR) is 122 cm³/mol. The molecule has 2 aromatic carbocycles. The van der Waals surface area contributed by atoms with Crippen LogP contribution in [0.2, 0.25) is 0 Å². The largest absolute Gasteiger partial charge is 0.378 e. The Morgan fingerprint density at radius 3 is 2.70 bits per heavy atom. The van der Waals surface area contributed by atoms with Gasteiger partial charge >= 0.3 is 0 Å². The molecule has 9 heteroatoms. The van der Waals surface area contributed by atoms with E-state index in [4.69, 9.17) is 4.74 Å². The van der Waals surface area contributed by atoms with Gasteiger partial charge in [-0.3, -0.25) is 14.4 Å². The molecule has 1 aliphatic heterocycles. The van der Waals surface area contributed by atoms with Crippen molar-refractivity contribution in [3.63, 3.8) is 0 Å². The summed E-state index contributed by atoms with van der Waals surface area (Å²) in [6.07, 6.45) is 1.84. The lowest BCUT2D eigenvalue weighted by Gasteiger charge is -2.27. The average Bonchev–Trinajstić information content (AvgIpc) is 3.20. The lowest BCUT2D eigenvalue weighted by atomic mass is 10.1. The van der Waals surface area contributed by atoms with Gasteiger partial charge in [0.05, 0.1) is 24.3 Å². The molecular weight excluding hydrogens is 427 g/mol. The number of morpholine rings is 1. The first kappa shape index (κ1) is 20.9. The Morgan fingerprint density at radius 1 is 1.06 bits per heavy atom. The van der Waals surface area contributed by atoms with Crippen LogP contribution in [0.3, 0.4) is 0 Å². The SMILES string of the molecule is O=C(Nc1ccc2c(ccn2CC(=O)N2CCOCC2)c1)c1cc(=O)[nH]c2cc(F)ccc12. The molecule has 2 N–H and O–H groups in total. The fourth-order valence-corrected chi connectivity index (χ4v) is 4.09. The zero-order valence-electron chi connectivity index (χ0n) is 17.6. The third kappa shape index (κ3) is 4.22. The maximum atomic E-state index is 13.5. The van der Waals surface area contributed by atoms with E-state index in [9.17, 15) is 18.8 Å². The van der Waals surface area contributed by atoms with Crippen molar-refractivity contribution in [1.82, 2.24) is 14.5 Å². The molecule has 8 nitrogen and oxygen atoms in total. The van der Waals surface area contributed by atoms with E-state index in [0.29, 0.717) is 37.4 Å². The van der Waals surface area contributed by atoms with E-state index in [0.717, 1.165) is 10.9 Å². The number of aromatic nitrogens is 2. The summed E-state index contributed by atoms with van der Waals surface area (Å²) < 4.78 is 20.7. The van der Waals surface area contributed by atoms with E-state index in [-0.39, 0.29) is 23.5 Å². The van der Waals surface area contributed by atoms with Gasteiger partial charge in [0, 0.05) is 47.3 Å². The number of nitrogens with one attached hydrogen (secondary N) is 2. The number of aromatic amines is 1. The second kappa shape index (κ2) is 8.51. The fourth-order valence-electron chi connectivity index (χ4n) is 4.09. The normalized spacial score (nSPS) is 14.0. The van der Waals surface area contributed by atoms with Gasteiger partial charge in [-0.1, -0.05) is 0 Å². The van der Waals surface area contributed by atoms with Gasteiger partial charge in [-0.15, -0.1) is 0 Å². The number of fused-ring (bicyclic) bond motifs is 2. The van der Waals surface area contributed by atoms with Crippen molar-refractivity contribution in [2.75, 3.05) is 31.6 Å². The topological polar surface area (TPSA) is 96.4 Å². The van der Waals surface area contributed by atoms with Crippen LogP contribution in [0.4, 0.5) is 10.1 Å². The van der Waals surface area contributed by atoms with E-state index in [1.807, 2.05) is 22.9 Å². The molecule has 0 aliphatic carbocycles. The number of anilines is 1. The third-order valence-electron chi connectivity index (χ3n) is 5.75. The molecule has 0 bridgehead atoms. The third-order valence-corrected chi connectivity index (χ3v) is 5.75. The van der Waals surface area contributed by atoms with Crippen LogP contribution in [0, 0.1) is 5.82 Å². The van der Waals surface area contributed by atoms with Gasteiger partial charge in [-0.05, 0) is 42.5 Å².